The van der Waals surface area contributed by atoms with Crippen LogP contribution in [0.5, 0.6) is 5.88 Å². The van der Waals surface area contributed by atoms with Gasteiger partial charge in [0.25, 0.3) is 5.91 Å². The highest BCUT2D eigenvalue weighted by Crippen LogP contribution is 2.30. The molecule has 180 valence electrons. The van der Waals surface area contributed by atoms with Crippen LogP contribution in [0.2, 0.25) is 0 Å². The summed E-state index contributed by atoms with van der Waals surface area (Å²) in [6.07, 6.45) is 1.19. The van der Waals surface area contributed by atoms with Crippen molar-refractivity contribution in [2.75, 3.05) is 40.5 Å². The van der Waals surface area contributed by atoms with Crippen LogP contribution in [0, 0.1) is 17.2 Å². The predicted molar refractivity (Wildman–Crippen MR) is 125 cm³/mol. The fraction of sp³-hybridized carbons (Fsp3) is 0.440. The molecule has 0 unspecified atom stereocenters. The Kier molecular flexibility index (Phi) is 8.21. The molecule has 0 saturated carbocycles. The van der Waals surface area contributed by atoms with Crippen molar-refractivity contribution in [3.05, 3.63) is 47.7 Å². The molecule has 3 rings (SSSR count). The second-order valence-electron chi connectivity index (χ2n) is 8.60. The Balaban J connectivity index is 2.00. The first-order valence-corrected chi connectivity index (χ1v) is 11.1. The molecule has 3 atom stereocenters. The van der Waals surface area contributed by atoms with Crippen molar-refractivity contribution in [2.24, 2.45) is 5.92 Å². The molecule has 0 bridgehead atoms. The molecular formula is C25H30N4O5. The van der Waals surface area contributed by atoms with Crippen molar-refractivity contribution < 1.29 is 24.2 Å². The van der Waals surface area contributed by atoms with E-state index in [0.29, 0.717) is 17.7 Å². The fourth-order valence-corrected chi connectivity index (χ4v) is 3.82. The number of ether oxygens (including phenoxy) is 2. The number of nitrogens with zero attached hydrogens (tertiary/aromatic N) is 4. The lowest BCUT2D eigenvalue weighted by atomic mass is 9.99. The molecule has 1 N–H and O–H groups in total. The molecule has 0 fully saturated rings. The standard InChI is InChI=1S/C25H30N4O5/c1-16-12-29(17(2)14-30)25(32)21-9-20(19-7-5-18(10-26)6-8-19)11-27-24(21)34-22(16)13-28(3)23(31)15-33-4/h5-9,11,16-17,22,30H,12-15H2,1-4H3/t16-,17+,22-/m1/s1. The van der Waals surface area contributed by atoms with Gasteiger partial charge in [-0.2, -0.15) is 5.26 Å². The van der Waals surface area contributed by atoms with Crippen molar-refractivity contribution in [3.8, 4) is 23.1 Å². The van der Waals surface area contributed by atoms with Gasteiger partial charge in [-0.1, -0.05) is 19.1 Å². The molecule has 0 radical (unpaired) electrons. The molecule has 9 heteroatoms. The number of methoxy groups -OCH3 is 1. The summed E-state index contributed by atoms with van der Waals surface area (Å²) in [7, 11) is 3.14. The third-order valence-electron chi connectivity index (χ3n) is 6.02. The Labute approximate surface area is 199 Å². The van der Waals surface area contributed by atoms with E-state index in [1.807, 2.05) is 6.92 Å². The van der Waals surface area contributed by atoms with Gasteiger partial charge in [-0.15, -0.1) is 0 Å². The molecule has 1 aromatic carbocycles. The molecule has 1 aromatic heterocycles. The number of amides is 2. The van der Waals surface area contributed by atoms with Crippen LogP contribution in [0.1, 0.15) is 29.8 Å². The van der Waals surface area contributed by atoms with E-state index in [4.69, 9.17) is 14.7 Å². The molecule has 1 aliphatic rings. The summed E-state index contributed by atoms with van der Waals surface area (Å²) in [5.74, 6) is -0.416. The van der Waals surface area contributed by atoms with Crippen LogP contribution in [0.4, 0.5) is 0 Å². The molecule has 34 heavy (non-hydrogen) atoms. The van der Waals surface area contributed by atoms with Crippen LogP contribution in [0.3, 0.4) is 0 Å². The zero-order valence-corrected chi connectivity index (χ0v) is 19.9. The highest BCUT2D eigenvalue weighted by molar-refractivity contribution is 5.98. The lowest BCUT2D eigenvalue weighted by molar-refractivity contribution is -0.135. The summed E-state index contributed by atoms with van der Waals surface area (Å²) < 4.78 is 11.2. The molecule has 9 nitrogen and oxygen atoms in total. The third-order valence-corrected chi connectivity index (χ3v) is 6.02. The number of fused-ring (bicyclic) bond motifs is 1. The fourth-order valence-electron chi connectivity index (χ4n) is 3.82. The van der Waals surface area contributed by atoms with E-state index in [-0.39, 0.29) is 48.9 Å². The van der Waals surface area contributed by atoms with Gasteiger partial charge in [0.1, 0.15) is 18.3 Å². The number of carbonyl (C=O) groups is 2. The number of aliphatic hydroxyl groups excluding tert-OH is 1. The first kappa shape index (κ1) is 25.1. The van der Waals surface area contributed by atoms with Gasteiger partial charge in [-0.3, -0.25) is 9.59 Å². The van der Waals surface area contributed by atoms with E-state index in [0.717, 1.165) is 5.56 Å². The monoisotopic (exact) mass is 466 g/mol. The summed E-state index contributed by atoms with van der Waals surface area (Å²) in [4.78, 5) is 33.4. The highest BCUT2D eigenvalue weighted by atomic mass is 16.5. The van der Waals surface area contributed by atoms with E-state index in [1.165, 1.54) is 7.11 Å². The number of aromatic nitrogens is 1. The third kappa shape index (κ3) is 5.53. The molecule has 2 amide bonds. The molecule has 1 aliphatic heterocycles. The van der Waals surface area contributed by atoms with E-state index in [2.05, 4.69) is 11.1 Å². The van der Waals surface area contributed by atoms with E-state index < -0.39 is 12.1 Å². The van der Waals surface area contributed by atoms with Crippen LogP contribution >= 0.6 is 0 Å². The van der Waals surface area contributed by atoms with E-state index >= 15 is 0 Å². The zero-order valence-electron chi connectivity index (χ0n) is 19.9. The van der Waals surface area contributed by atoms with Gasteiger partial charge in [0, 0.05) is 38.4 Å². The summed E-state index contributed by atoms with van der Waals surface area (Å²) >= 11 is 0. The largest absolute Gasteiger partial charge is 0.472 e. The van der Waals surface area contributed by atoms with Gasteiger partial charge in [-0.05, 0) is 30.7 Å². The molecule has 0 spiro atoms. The number of hydrogen-bond acceptors (Lipinski definition) is 7. The van der Waals surface area contributed by atoms with Crippen molar-refractivity contribution in [2.45, 2.75) is 26.0 Å². The van der Waals surface area contributed by atoms with E-state index in [9.17, 15) is 14.7 Å². The highest BCUT2D eigenvalue weighted by Gasteiger charge is 2.34. The maximum Gasteiger partial charge on any atom is 0.259 e. The maximum absolute atomic E-state index is 13.5. The quantitative estimate of drug-likeness (QED) is 0.663. The smallest absolute Gasteiger partial charge is 0.259 e. The molecular weight excluding hydrogens is 436 g/mol. The van der Waals surface area contributed by atoms with Gasteiger partial charge >= 0.3 is 0 Å². The molecule has 0 saturated heterocycles. The topological polar surface area (TPSA) is 116 Å². The van der Waals surface area contributed by atoms with Gasteiger partial charge in [0.2, 0.25) is 11.8 Å². The number of carbonyl (C=O) groups excluding carboxylic acids is 2. The van der Waals surface area contributed by atoms with Crippen LogP contribution in [-0.4, -0.2) is 84.3 Å². The number of nitriles is 1. The summed E-state index contributed by atoms with van der Waals surface area (Å²) in [6, 6.07) is 10.4. The normalized spacial score (nSPS) is 18.7. The minimum absolute atomic E-state index is 0.0352. The average molecular weight is 467 g/mol. The van der Waals surface area contributed by atoms with Crippen molar-refractivity contribution in [1.29, 1.82) is 5.26 Å². The van der Waals surface area contributed by atoms with Crippen LogP contribution in [-0.2, 0) is 9.53 Å². The van der Waals surface area contributed by atoms with Crippen molar-refractivity contribution >= 4 is 11.8 Å². The van der Waals surface area contributed by atoms with Crippen molar-refractivity contribution in [3.63, 3.8) is 0 Å². The number of benzene rings is 1. The Morgan fingerprint density at radius 3 is 2.71 bits per heavy atom. The lowest BCUT2D eigenvalue weighted by Gasteiger charge is -2.37. The van der Waals surface area contributed by atoms with Gasteiger partial charge in [0.15, 0.2) is 0 Å². The Morgan fingerprint density at radius 2 is 2.09 bits per heavy atom. The number of likely N-dealkylation sites (N-methyl/N-ethyl adjacent to an activating group) is 1. The van der Waals surface area contributed by atoms with Gasteiger partial charge in [0.05, 0.1) is 30.8 Å². The molecule has 2 heterocycles. The second kappa shape index (κ2) is 11.1. The first-order chi connectivity index (χ1) is 16.3. The maximum atomic E-state index is 13.5. The van der Waals surface area contributed by atoms with Gasteiger partial charge < -0.3 is 24.4 Å². The summed E-state index contributed by atoms with van der Waals surface area (Å²) in [5, 5.41) is 18.8. The minimum atomic E-state index is -0.431. The van der Waals surface area contributed by atoms with Crippen molar-refractivity contribution in [1.82, 2.24) is 14.8 Å². The molecule has 0 aliphatic carbocycles. The Morgan fingerprint density at radius 1 is 1.38 bits per heavy atom. The van der Waals surface area contributed by atoms with Crippen LogP contribution < -0.4 is 4.74 Å². The Hall–Kier alpha value is -3.48. The number of pyridine rings is 1. The number of hydrogen-bond donors (Lipinski definition) is 1. The van der Waals surface area contributed by atoms with Crippen LogP contribution in [0.15, 0.2) is 36.5 Å². The SMILES string of the molecule is COCC(=O)N(C)C[C@H]1Oc2ncc(-c3ccc(C#N)cc3)cc2C(=O)N([C@@H](C)CO)C[C@H]1C. The zero-order chi connectivity index (χ0) is 24.8. The molecule has 2 aromatic rings. The van der Waals surface area contributed by atoms with E-state index in [1.54, 1.807) is 60.3 Å². The number of aliphatic hydroxyl groups is 1. The van der Waals surface area contributed by atoms with Gasteiger partial charge in [-0.25, -0.2) is 4.98 Å². The first-order valence-electron chi connectivity index (χ1n) is 11.1. The second-order valence-corrected chi connectivity index (χ2v) is 8.60. The number of rotatable bonds is 7. The lowest BCUT2D eigenvalue weighted by Crippen LogP contribution is -2.50. The average Bonchev–Trinajstić information content (AvgIpc) is 2.85. The Bertz CT molecular complexity index is 1070. The van der Waals surface area contributed by atoms with Crippen LogP contribution in [0.25, 0.3) is 11.1 Å². The summed E-state index contributed by atoms with van der Waals surface area (Å²) in [6.45, 7) is 4.14. The minimum Gasteiger partial charge on any atom is -0.472 e. The predicted octanol–water partition coefficient (Wildman–Crippen LogP) is 1.95. The summed E-state index contributed by atoms with van der Waals surface area (Å²) in [5.41, 5.74) is 2.33.